The summed E-state index contributed by atoms with van der Waals surface area (Å²) in [5.41, 5.74) is 1.53. The number of halogens is 1. The van der Waals surface area contributed by atoms with Crippen LogP contribution in [0.15, 0.2) is 41.4 Å². The van der Waals surface area contributed by atoms with Crippen molar-refractivity contribution >= 4 is 28.1 Å². The molecule has 2 aliphatic carbocycles. The maximum atomic E-state index is 15.4. The molecule has 5 rings (SSSR count). The molecule has 0 radical (unpaired) electrons. The number of likely N-dealkylation sites (tertiary alicyclic amines) is 1. The fourth-order valence-electron chi connectivity index (χ4n) is 7.24. The maximum Gasteiger partial charge on any atom is 0.303 e. The fourth-order valence-corrected chi connectivity index (χ4v) is 7.91. The standard InChI is InChI=1S/C37H51FN4O5S/c1-36(2)22-31(42(7)23-36)32(43)18-19-39-26-15-16-27(21-26)47-33-17-14-25(37(3,4)35(44)40-48(45,46)41(5)6)20-29(33)28-12-9-13-30(38)34(28)24-10-8-11-24/h9,12-14,17,19-20,24,26-27,31H,8,10-11,15-16,18,21-23H2,1-7H3,(H,40,44)/t26-,27-,31+/m1/s1. The van der Waals surface area contributed by atoms with Crippen LogP contribution in [0.2, 0.25) is 0 Å². The van der Waals surface area contributed by atoms with Crippen molar-refractivity contribution in [2.24, 2.45) is 10.4 Å². The summed E-state index contributed by atoms with van der Waals surface area (Å²) in [4.78, 5) is 33.1. The second-order valence-electron chi connectivity index (χ2n) is 15.4. The molecule has 2 saturated carbocycles. The predicted molar refractivity (Wildman–Crippen MR) is 187 cm³/mol. The molecule has 1 saturated heterocycles. The number of nitrogens with zero attached hydrogens (tertiary/aromatic N) is 3. The molecular formula is C37H51FN4O5S. The minimum Gasteiger partial charge on any atom is -0.490 e. The van der Waals surface area contributed by atoms with Gasteiger partial charge < -0.3 is 4.74 Å². The zero-order chi connectivity index (χ0) is 35.0. The Hall–Kier alpha value is -3.15. The van der Waals surface area contributed by atoms with Crippen LogP contribution in [0.1, 0.15) is 96.1 Å². The van der Waals surface area contributed by atoms with Crippen molar-refractivity contribution in [1.82, 2.24) is 13.9 Å². The highest BCUT2D eigenvalue weighted by Gasteiger charge is 2.39. The quantitative estimate of drug-likeness (QED) is 0.275. The summed E-state index contributed by atoms with van der Waals surface area (Å²) in [5.74, 6) is -0.0519. The largest absolute Gasteiger partial charge is 0.490 e. The number of benzene rings is 2. The van der Waals surface area contributed by atoms with Crippen LogP contribution in [0, 0.1) is 11.2 Å². The lowest BCUT2D eigenvalue weighted by Crippen LogP contribution is -2.47. The van der Waals surface area contributed by atoms with E-state index < -0.39 is 21.5 Å². The van der Waals surface area contributed by atoms with Crippen LogP contribution in [0.25, 0.3) is 11.1 Å². The average Bonchev–Trinajstić information content (AvgIpc) is 3.54. The predicted octanol–water partition coefficient (Wildman–Crippen LogP) is 6.02. The van der Waals surface area contributed by atoms with Gasteiger partial charge in [-0.25, -0.2) is 9.11 Å². The normalized spacial score (nSPS) is 23.5. The molecule has 0 unspecified atom stereocenters. The Balaban J connectivity index is 1.37. The van der Waals surface area contributed by atoms with E-state index >= 15 is 4.39 Å². The summed E-state index contributed by atoms with van der Waals surface area (Å²) in [7, 11) is 0.725. The molecule has 3 fully saturated rings. The van der Waals surface area contributed by atoms with E-state index in [2.05, 4.69) is 23.5 Å². The molecule has 48 heavy (non-hydrogen) atoms. The van der Waals surface area contributed by atoms with E-state index in [1.165, 1.54) is 20.2 Å². The number of rotatable bonds is 12. The lowest BCUT2D eigenvalue weighted by atomic mass is 9.76. The number of hydrogen-bond donors (Lipinski definition) is 1. The third-order valence-electron chi connectivity index (χ3n) is 10.4. The van der Waals surface area contributed by atoms with Gasteiger partial charge in [-0.2, -0.15) is 12.7 Å². The van der Waals surface area contributed by atoms with Gasteiger partial charge in [-0.05, 0) is 99.2 Å². The molecule has 262 valence electrons. The molecule has 2 aromatic rings. The maximum absolute atomic E-state index is 15.4. The van der Waals surface area contributed by atoms with Crippen molar-refractivity contribution in [3.05, 3.63) is 53.3 Å². The van der Waals surface area contributed by atoms with Gasteiger partial charge in [0, 0.05) is 45.3 Å². The number of aliphatic imine (C=N–C) groups is 1. The lowest BCUT2D eigenvalue weighted by Gasteiger charge is -2.30. The van der Waals surface area contributed by atoms with Gasteiger partial charge in [0.25, 0.3) is 0 Å². The Morgan fingerprint density at radius 3 is 2.48 bits per heavy atom. The van der Waals surface area contributed by atoms with Crippen molar-refractivity contribution in [1.29, 1.82) is 0 Å². The van der Waals surface area contributed by atoms with Crippen molar-refractivity contribution in [3.8, 4) is 16.9 Å². The molecular weight excluding hydrogens is 631 g/mol. The van der Waals surface area contributed by atoms with Gasteiger partial charge in [-0.3, -0.25) is 19.5 Å². The van der Waals surface area contributed by atoms with E-state index in [1.54, 1.807) is 32.2 Å². The summed E-state index contributed by atoms with van der Waals surface area (Å²) in [6, 6.07) is 10.5. The molecule has 1 heterocycles. The van der Waals surface area contributed by atoms with Crippen LogP contribution in [0.5, 0.6) is 5.75 Å². The van der Waals surface area contributed by atoms with Gasteiger partial charge in [0.2, 0.25) is 5.91 Å². The zero-order valence-corrected chi connectivity index (χ0v) is 30.2. The van der Waals surface area contributed by atoms with Gasteiger partial charge in [0.1, 0.15) is 17.7 Å². The van der Waals surface area contributed by atoms with Gasteiger partial charge in [-0.1, -0.05) is 38.5 Å². The van der Waals surface area contributed by atoms with E-state index in [4.69, 9.17) is 9.73 Å². The minimum atomic E-state index is -4.00. The highest BCUT2D eigenvalue weighted by Crippen LogP contribution is 2.46. The second kappa shape index (κ2) is 14.0. The van der Waals surface area contributed by atoms with Crippen LogP contribution in [-0.2, 0) is 25.2 Å². The number of ketones is 1. The topological polar surface area (TPSA) is 108 Å². The van der Waals surface area contributed by atoms with Crippen LogP contribution in [-0.4, -0.2) is 81.4 Å². The lowest BCUT2D eigenvalue weighted by molar-refractivity contribution is -0.124. The molecule has 3 atom stereocenters. The van der Waals surface area contributed by atoms with E-state index in [-0.39, 0.29) is 41.1 Å². The second-order valence-corrected chi connectivity index (χ2v) is 17.3. The van der Waals surface area contributed by atoms with Crippen molar-refractivity contribution in [2.75, 3.05) is 27.7 Å². The zero-order valence-electron chi connectivity index (χ0n) is 29.4. The number of carbonyl (C=O) groups is 2. The first-order valence-electron chi connectivity index (χ1n) is 17.1. The first-order chi connectivity index (χ1) is 22.5. The average molecular weight is 683 g/mol. The minimum absolute atomic E-state index is 0.0456. The van der Waals surface area contributed by atoms with Crippen molar-refractivity contribution in [3.63, 3.8) is 0 Å². The van der Waals surface area contributed by atoms with Crippen LogP contribution in [0.4, 0.5) is 4.39 Å². The smallest absolute Gasteiger partial charge is 0.303 e. The monoisotopic (exact) mass is 682 g/mol. The molecule has 2 aromatic carbocycles. The number of ether oxygens (including phenoxy) is 1. The van der Waals surface area contributed by atoms with Gasteiger partial charge in [0.15, 0.2) is 5.78 Å². The number of carbonyl (C=O) groups excluding carboxylic acids is 2. The SMILES string of the molecule is CN1CC(C)(C)C[C@H]1C(=O)CC=N[C@@H]1CC[C@@H](Oc2ccc(C(C)(C)C(=O)NS(=O)(=O)N(C)C)cc2-c2cccc(F)c2C2CCC2)C1. The molecule has 0 bridgehead atoms. The Labute approximate surface area is 285 Å². The number of likely N-dealkylation sites (N-methyl/N-ethyl adjacent to an activating group) is 1. The molecule has 11 heteroatoms. The first-order valence-corrected chi connectivity index (χ1v) is 18.5. The summed E-state index contributed by atoms with van der Waals surface area (Å²) >= 11 is 0. The van der Waals surface area contributed by atoms with Crippen LogP contribution < -0.4 is 9.46 Å². The third kappa shape index (κ3) is 7.84. The summed E-state index contributed by atoms with van der Waals surface area (Å²) in [5, 5.41) is 0. The van der Waals surface area contributed by atoms with Crippen molar-refractivity contribution in [2.45, 2.75) is 109 Å². The molecule has 1 N–H and O–H groups in total. The molecule has 3 aliphatic rings. The summed E-state index contributed by atoms with van der Waals surface area (Å²) in [6.07, 6.45) is 7.98. The Bertz CT molecular complexity index is 1670. The van der Waals surface area contributed by atoms with E-state index in [0.717, 1.165) is 54.9 Å². The van der Waals surface area contributed by atoms with Gasteiger partial charge in [0.05, 0.1) is 17.5 Å². The number of Topliss-reactive ketones (excluding diaryl/α,β-unsaturated/α-hetero) is 1. The molecule has 0 spiro atoms. The van der Waals surface area contributed by atoms with Gasteiger partial charge in [-0.15, -0.1) is 0 Å². The van der Waals surface area contributed by atoms with E-state index in [1.807, 2.05) is 25.2 Å². The Kier molecular flexibility index (Phi) is 10.5. The first kappa shape index (κ1) is 36.1. The Morgan fingerprint density at radius 2 is 1.85 bits per heavy atom. The summed E-state index contributed by atoms with van der Waals surface area (Å²) < 4.78 is 50.1. The highest BCUT2D eigenvalue weighted by molar-refractivity contribution is 7.87. The number of amides is 1. The van der Waals surface area contributed by atoms with Crippen LogP contribution in [0.3, 0.4) is 0 Å². The molecule has 0 aromatic heterocycles. The molecule has 1 aliphatic heterocycles. The highest BCUT2D eigenvalue weighted by atomic mass is 32.2. The fraction of sp³-hybridized carbons (Fsp3) is 0.595. The van der Waals surface area contributed by atoms with E-state index in [9.17, 15) is 18.0 Å². The number of hydrogen-bond acceptors (Lipinski definition) is 7. The van der Waals surface area contributed by atoms with Crippen molar-refractivity contribution < 1.29 is 27.1 Å². The van der Waals surface area contributed by atoms with E-state index in [0.29, 0.717) is 35.3 Å². The molecule has 9 nitrogen and oxygen atoms in total. The molecule has 1 amide bonds. The van der Waals surface area contributed by atoms with Crippen LogP contribution >= 0.6 is 0 Å². The number of nitrogens with one attached hydrogen (secondary N) is 1. The Morgan fingerprint density at radius 1 is 1.12 bits per heavy atom. The van der Waals surface area contributed by atoms with Gasteiger partial charge >= 0.3 is 10.2 Å². The third-order valence-corrected chi connectivity index (χ3v) is 11.8. The summed E-state index contributed by atoms with van der Waals surface area (Å²) in [6.45, 7) is 8.64.